The number of hydrogen-bond donors (Lipinski definition) is 1. The maximum Gasteiger partial charge on any atom is 0.282 e. The van der Waals surface area contributed by atoms with Gasteiger partial charge in [0.15, 0.2) is 12.0 Å². The molecule has 0 amide bonds. The minimum absolute atomic E-state index is 0.106. The van der Waals surface area contributed by atoms with Gasteiger partial charge < -0.3 is 9.57 Å². The minimum Gasteiger partial charge on any atom is -0.459 e. The highest BCUT2D eigenvalue weighted by Crippen LogP contribution is 2.25. The number of ether oxygens (including phenoxy) is 1. The Labute approximate surface area is 125 Å². The van der Waals surface area contributed by atoms with Gasteiger partial charge in [-0.2, -0.15) is 4.99 Å². The van der Waals surface area contributed by atoms with Crippen molar-refractivity contribution in [2.24, 2.45) is 4.99 Å². The molecule has 0 bridgehead atoms. The van der Waals surface area contributed by atoms with Crippen LogP contribution in [0, 0.1) is 0 Å². The number of rotatable bonds is 4. The molecule has 0 spiro atoms. The van der Waals surface area contributed by atoms with E-state index in [9.17, 15) is 4.79 Å². The largest absolute Gasteiger partial charge is 0.459 e. The van der Waals surface area contributed by atoms with Gasteiger partial charge >= 0.3 is 0 Å². The zero-order valence-corrected chi connectivity index (χ0v) is 12.7. The molecule has 0 saturated carbocycles. The lowest BCUT2D eigenvalue weighted by Crippen LogP contribution is -2.11. The molecule has 0 aliphatic carbocycles. The molecule has 1 aliphatic rings. The molecule has 0 saturated heterocycles. The number of carbonyl (C=O) groups excluding carboxylic acids is 1. The van der Waals surface area contributed by atoms with Gasteiger partial charge in [0.2, 0.25) is 0 Å². The van der Waals surface area contributed by atoms with Crippen molar-refractivity contribution < 1.29 is 14.4 Å². The van der Waals surface area contributed by atoms with E-state index in [1.807, 2.05) is 0 Å². The van der Waals surface area contributed by atoms with Crippen molar-refractivity contribution in [3.05, 3.63) is 52.5 Å². The Bertz CT molecular complexity index is 635. The highest BCUT2D eigenvalue weighted by atomic mass is 79.9. The number of aliphatic imine (C=N–C) groups is 1. The van der Waals surface area contributed by atoms with E-state index in [-0.39, 0.29) is 5.78 Å². The molecular weight excluding hydrogens is 324 g/mol. The molecule has 104 valence electrons. The fourth-order valence-electron chi connectivity index (χ4n) is 1.49. The average molecular weight is 337 g/mol. The summed E-state index contributed by atoms with van der Waals surface area (Å²) in [6.07, 6.45) is 1.38. The molecule has 1 heterocycles. The van der Waals surface area contributed by atoms with E-state index in [0.29, 0.717) is 33.1 Å². The second-order valence-corrected chi connectivity index (χ2v) is 5.08. The molecule has 6 heteroatoms. The Morgan fingerprint density at radius 1 is 1.55 bits per heavy atom. The second kappa shape index (κ2) is 5.92. The number of halogens is 1. The fourth-order valence-corrected chi connectivity index (χ4v) is 2.03. The van der Waals surface area contributed by atoms with Gasteiger partial charge in [0, 0.05) is 10.0 Å². The van der Waals surface area contributed by atoms with Gasteiger partial charge in [-0.15, -0.1) is 0 Å². The lowest BCUT2D eigenvalue weighted by Gasteiger charge is -2.06. The molecular formula is C14H13BrN2O3. The van der Waals surface area contributed by atoms with Crippen LogP contribution in [-0.2, 0) is 4.84 Å². The topological polar surface area (TPSA) is 59.9 Å². The SMILES string of the molecule is C=C(C)C(=O)c1ccc(OC=C2N=C(C)NO2)cc1Br. The van der Waals surface area contributed by atoms with Gasteiger partial charge in [0.1, 0.15) is 11.6 Å². The van der Waals surface area contributed by atoms with Crippen molar-refractivity contribution in [2.75, 3.05) is 0 Å². The zero-order chi connectivity index (χ0) is 14.7. The third kappa shape index (κ3) is 3.27. The summed E-state index contributed by atoms with van der Waals surface area (Å²) < 4.78 is 6.06. The Morgan fingerprint density at radius 2 is 2.30 bits per heavy atom. The summed E-state index contributed by atoms with van der Waals surface area (Å²) in [5.74, 6) is 1.44. The first kappa shape index (κ1) is 14.3. The maximum atomic E-state index is 11.9. The normalized spacial score (nSPS) is 15.3. The number of hydrogen-bond acceptors (Lipinski definition) is 5. The monoisotopic (exact) mass is 336 g/mol. The Balaban J connectivity index is 2.14. The first-order valence-electron chi connectivity index (χ1n) is 5.82. The first-order chi connectivity index (χ1) is 9.47. The van der Waals surface area contributed by atoms with Crippen LogP contribution in [0.3, 0.4) is 0 Å². The molecule has 1 aromatic carbocycles. The van der Waals surface area contributed by atoms with Crippen LogP contribution in [0.2, 0.25) is 0 Å². The van der Waals surface area contributed by atoms with Crippen LogP contribution in [0.15, 0.2) is 52.0 Å². The van der Waals surface area contributed by atoms with Crippen molar-refractivity contribution in [1.29, 1.82) is 0 Å². The van der Waals surface area contributed by atoms with Gasteiger partial charge in [-0.05, 0) is 53.5 Å². The number of ketones is 1. The number of Topliss-reactive ketones (excluding diaryl/α,β-unsaturated/α-hetero) is 1. The van der Waals surface area contributed by atoms with Crippen LogP contribution < -0.4 is 10.2 Å². The summed E-state index contributed by atoms with van der Waals surface area (Å²) in [6.45, 7) is 7.09. The predicted octanol–water partition coefficient (Wildman–Crippen LogP) is 3.34. The fraction of sp³-hybridized carbons (Fsp3) is 0.143. The summed E-state index contributed by atoms with van der Waals surface area (Å²) >= 11 is 3.35. The van der Waals surface area contributed by atoms with Crippen LogP contribution in [0.25, 0.3) is 0 Å². The molecule has 2 rings (SSSR count). The van der Waals surface area contributed by atoms with E-state index in [4.69, 9.17) is 9.57 Å². The van der Waals surface area contributed by atoms with E-state index in [1.165, 1.54) is 6.26 Å². The van der Waals surface area contributed by atoms with E-state index in [0.717, 1.165) is 0 Å². The Hall–Kier alpha value is -2.08. The van der Waals surface area contributed by atoms with Crippen LogP contribution in [0.5, 0.6) is 5.75 Å². The molecule has 0 radical (unpaired) electrons. The minimum atomic E-state index is -0.106. The van der Waals surface area contributed by atoms with E-state index < -0.39 is 0 Å². The van der Waals surface area contributed by atoms with Crippen molar-refractivity contribution in [3.8, 4) is 5.75 Å². The van der Waals surface area contributed by atoms with E-state index in [1.54, 1.807) is 32.0 Å². The molecule has 0 atom stereocenters. The molecule has 20 heavy (non-hydrogen) atoms. The van der Waals surface area contributed by atoms with Gasteiger partial charge in [-0.1, -0.05) is 6.58 Å². The van der Waals surface area contributed by atoms with Crippen LogP contribution in [0.1, 0.15) is 24.2 Å². The van der Waals surface area contributed by atoms with Crippen LogP contribution >= 0.6 is 15.9 Å². The van der Waals surface area contributed by atoms with Crippen LogP contribution in [-0.4, -0.2) is 11.6 Å². The lowest BCUT2D eigenvalue weighted by molar-refractivity contribution is 0.103. The third-order valence-electron chi connectivity index (χ3n) is 2.45. The second-order valence-electron chi connectivity index (χ2n) is 4.23. The molecule has 0 unspecified atom stereocenters. The van der Waals surface area contributed by atoms with E-state index >= 15 is 0 Å². The van der Waals surface area contributed by atoms with Gasteiger partial charge in [0.05, 0.1) is 0 Å². The first-order valence-corrected chi connectivity index (χ1v) is 6.61. The van der Waals surface area contributed by atoms with Crippen LogP contribution in [0.4, 0.5) is 0 Å². The van der Waals surface area contributed by atoms with Crippen molar-refractivity contribution in [1.82, 2.24) is 5.48 Å². The number of hydroxylamine groups is 1. The van der Waals surface area contributed by atoms with Crippen molar-refractivity contribution >= 4 is 27.5 Å². The van der Waals surface area contributed by atoms with Crippen molar-refractivity contribution in [3.63, 3.8) is 0 Å². The predicted molar refractivity (Wildman–Crippen MR) is 79.3 cm³/mol. The van der Waals surface area contributed by atoms with Gasteiger partial charge in [0.25, 0.3) is 5.88 Å². The quantitative estimate of drug-likeness (QED) is 0.520. The number of nitrogens with one attached hydrogen (secondary N) is 1. The number of carbonyl (C=O) groups is 1. The highest BCUT2D eigenvalue weighted by molar-refractivity contribution is 9.10. The lowest BCUT2D eigenvalue weighted by atomic mass is 10.1. The van der Waals surface area contributed by atoms with Gasteiger partial charge in [-0.25, -0.2) is 5.48 Å². The number of allylic oxidation sites excluding steroid dienone is 1. The van der Waals surface area contributed by atoms with Crippen molar-refractivity contribution in [2.45, 2.75) is 13.8 Å². The number of benzene rings is 1. The molecule has 0 aromatic heterocycles. The molecule has 1 aliphatic heterocycles. The summed E-state index contributed by atoms with van der Waals surface area (Å²) in [7, 11) is 0. The summed E-state index contributed by atoms with van der Waals surface area (Å²) in [4.78, 5) is 20.9. The summed E-state index contributed by atoms with van der Waals surface area (Å²) in [6, 6.07) is 5.07. The average Bonchev–Trinajstić information content (AvgIpc) is 2.81. The number of nitrogens with zero attached hydrogens (tertiary/aromatic N) is 1. The summed E-state index contributed by atoms with van der Waals surface area (Å²) in [5.41, 5.74) is 3.62. The summed E-state index contributed by atoms with van der Waals surface area (Å²) in [5, 5.41) is 0. The maximum absolute atomic E-state index is 11.9. The van der Waals surface area contributed by atoms with Gasteiger partial charge in [-0.3, -0.25) is 4.79 Å². The Kier molecular flexibility index (Phi) is 4.24. The highest BCUT2D eigenvalue weighted by Gasteiger charge is 2.12. The molecule has 5 nitrogen and oxygen atoms in total. The third-order valence-corrected chi connectivity index (χ3v) is 3.11. The standard InChI is InChI=1S/C14H13BrN2O3/c1-8(2)14(18)11-5-4-10(6-12(11)15)19-7-13-16-9(3)17-20-13/h4-7H,1H2,2-3H3,(H,16,17). The Morgan fingerprint density at radius 3 is 2.85 bits per heavy atom. The smallest absolute Gasteiger partial charge is 0.282 e. The molecule has 1 aromatic rings. The number of amidine groups is 1. The van der Waals surface area contributed by atoms with E-state index in [2.05, 4.69) is 33.0 Å². The molecule has 1 N–H and O–H groups in total. The zero-order valence-electron chi connectivity index (χ0n) is 11.1. The molecule has 0 fully saturated rings.